The summed E-state index contributed by atoms with van der Waals surface area (Å²) in [6, 6.07) is 8.26. The highest BCUT2D eigenvalue weighted by molar-refractivity contribution is 5.83. The highest BCUT2D eigenvalue weighted by Crippen LogP contribution is 2.19. The first-order valence-corrected chi connectivity index (χ1v) is 5.16. The molecule has 0 bridgehead atoms. The highest BCUT2D eigenvalue weighted by Gasteiger charge is 2.00. The van der Waals surface area contributed by atoms with Gasteiger partial charge in [-0.25, -0.2) is 0 Å². The molecule has 0 spiro atoms. The summed E-state index contributed by atoms with van der Waals surface area (Å²) in [4.78, 5) is 3.27. The van der Waals surface area contributed by atoms with E-state index in [-0.39, 0.29) is 6.10 Å². The average molecular weight is 204 g/mol. The normalized spacial score (nSPS) is 13.0. The van der Waals surface area contributed by atoms with Crippen LogP contribution in [-0.2, 0) is 0 Å². The molecule has 1 aromatic carbocycles. The molecule has 0 aliphatic rings. The van der Waals surface area contributed by atoms with Crippen LogP contribution in [0.3, 0.4) is 0 Å². The third-order valence-electron chi connectivity index (χ3n) is 2.36. The number of aryl methyl sites for hydroxylation is 1. The predicted octanol–water partition coefficient (Wildman–Crippen LogP) is 2.27. The van der Waals surface area contributed by atoms with Gasteiger partial charge in [0.25, 0.3) is 0 Å². The fraction of sp³-hybridized carbons (Fsp3) is 0.333. The molecule has 15 heavy (non-hydrogen) atoms. The van der Waals surface area contributed by atoms with Gasteiger partial charge >= 0.3 is 0 Å². The number of anilines is 1. The van der Waals surface area contributed by atoms with Gasteiger partial charge in [-0.05, 0) is 38.1 Å². The van der Waals surface area contributed by atoms with Gasteiger partial charge in [0.15, 0.2) is 0 Å². The monoisotopic (exact) mass is 204 g/mol. The first-order valence-electron chi connectivity index (χ1n) is 5.16. The predicted molar refractivity (Wildman–Crippen MR) is 63.2 cm³/mol. The van der Waals surface area contributed by atoms with Crippen molar-refractivity contribution in [1.82, 2.24) is 4.98 Å². The molecule has 2 aromatic rings. The Hall–Kier alpha value is -1.48. The fourth-order valence-electron chi connectivity index (χ4n) is 1.65. The molecule has 3 nitrogen and oxygen atoms in total. The average Bonchev–Trinajstić information content (AvgIpc) is 2.53. The Labute approximate surface area is 89.1 Å². The quantitative estimate of drug-likeness (QED) is 0.718. The number of hydrogen-bond donors (Lipinski definition) is 3. The topological polar surface area (TPSA) is 48.0 Å². The zero-order chi connectivity index (χ0) is 10.8. The third kappa shape index (κ3) is 2.30. The molecule has 0 aliphatic heterocycles. The summed E-state index contributed by atoms with van der Waals surface area (Å²) < 4.78 is 0. The zero-order valence-electron chi connectivity index (χ0n) is 9.04. The van der Waals surface area contributed by atoms with E-state index in [1.54, 1.807) is 6.92 Å². The molecule has 0 aliphatic carbocycles. The van der Waals surface area contributed by atoms with Crippen LogP contribution in [0.4, 0.5) is 5.69 Å². The number of hydrogen-bond acceptors (Lipinski definition) is 2. The van der Waals surface area contributed by atoms with Crippen LogP contribution in [0, 0.1) is 6.92 Å². The minimum Gasteiger partial charge on any atom is -0.392 e. The molecule has 0 fully saturated rings. The SMILES string of the molecule is Cc1cc2cc(NCC(C)O)ccc2[nH]1. The van der Waals surface area contributed by atoms with Crippen molar-refractivity contribution in [3.05, 3.63) is 30.0 Å². The van der Waals surface area contributed by atoms with E-state index in [9.17, 15) is 0 Å². The van der Waals surface area contributed by atoms with Crippen LogP contribution in [-0.4, -0.2) is 22.7 Å². The Kier molecular flexibility index (Phi) is 2.64. The summed E-state index contributed by atoms with van der Waals surface area (Å²) in [6.07, 6.45) is -0.325. The minimum atomic E-state index is -0.325. The van der Waals surface area contributed by atoms with Gasteiger partial charge in [0.2, 0.25) is 0 Å². The molecule has 1 aromatic heterocycles. The first kappa shape index (κ1) is 10.1. The lowest BCUT2D eigenvalue weighted by atomic mass is 10.2. The van der Waals surface area contributed by atoms with E-state index in [0.717, 1.165) is 16.9 Å². The number of aromatic amines is 1. The van der Waals surface area contributed by atoms with Crippen LogP contribution in [0.5, 0.6) is 0 Å². The van der Waals surface area contributed by atoms with E-state index in [0.29, 0.717) is 6.54 Å². The third-order valence-corrected chi connectivity index (χ3v) is 2.36. The van der Waals surface area contributed by atoms with Crippen LogP contribution in [0.25, 0.3) is 10.9 Å². The second-order valence-electron chi connectivity index (χ2n) is 3.98. The van der Waals surface area contributed by atoms with Crippen molar-refractivity contribution in [3.63, 3.8) is 0 Å². The molecule has 1 atom stereocenters. The zero-order valence-corrected chi connectivity index (χ0v) is 9.04. The molecule has 3 heteroatoms. The van der Waals surface area contributed by atoms with Crippen LogP contribution in [0.1, 0.15) is 12.6 Å². The van der Waals surface area contributed by atoms with Gasteiger partial charge in [0.1, 0.15) is 0 Å². The number of benzene rings is 1. The number of fused-ring (bicyclic) bond motifs is 1. The molecule has 0 amide bonds. The van der Waals surface area contributed by atoms with Gasteiger partial charge in [-0.2, -0.15) is 0 Å². The van der Waals surface area contributed by atoms with Gasteiger partial charge in [-0.15, -0.1) is 0 Å². The lowest BCUT2D eigenvalue weighted by Crippen LogP contribution is -2.15. The molecular weight excluding hydrogens is 188 g/mol. The van der Waals surface area contributed by atoms with Gasteiger partial charge in [0, 0.05) is 28.8 Å². The molecule has 0 radical (unpaired) electrons. The minimum absolute atomic E-state index is 0.325. The first-order chi connectivity index (χ1) is 7.15. The summed E-state index contributed by atoms with van der Waals surface area (Å²) in [5.41, 5.74) is 3.36. The Morgan fingerprint density at radius 3 is 2.93 bits per heavy atom. The van der Waals surface area contributed by atoms with E-state index in [1.165, 1.54) is 5.39 Å². The molecule has 1 heterocycles. The number of aliphatic hydroxyl groups is 1. The lowest BCUT2D eigenvalue weighted by Gasteiger charge is -2.08. The van der Waals surface area contributed by atoms with Crippen molar-refractivity contribution in [1.29, 1.82) is 0 Å². The molecule has 80 valence electrons. The Balaban J connectivity index is 2.22. The van der Waals surface area contributed by atoms with Crippen molar-refractivity contribution in [2.45, 2.75) is 20.0 Å². The molecule has 0 saturated heterocycles. The van der Waals surface area contributed by atoms with E-state index in [2.05, 4.69) is 22.4 Å². The summed E-state index contributed by atoms with van der Waals surface area (Å²) in [5.74, 6) is 0. The van der Waals surface area contributed by atoms with Crippen molar-refractivity contribution < 1.29 is 5.11 Å². The Bertz CT molecular complexity index is 460. The maximum atomic E-state index is 9.16. The number of H-pyrrole nitrogens is 1. The smallest absolute Gasteiger partial charge is 0.0684 e. The lowest BCUT2D eigenvalue weighted by molar-refractivity contribution is 0.208. The summed E-state index contributed by atoms with van der Waals surface area (Å²) in [5, 5.41) is 13.5. The Morgan fingerprint density at radius 1 is 1.40 bits per heavy atom. The summed E-state index contributed by atoms with van der Waals surface area (Å²) >= 11 is 0. The van der Waals surface area contributed by atoms with Crippen molar-refractivity contribution in [2.24, 2.45) is 0 Å². The fourth-order valence-corrected chi connectivity index (χ4v) is 1.65. The van der Waals surface area contributed by atoms with Gasteiger partial charge in [-0.3, -0.25) is 0 Å². The van der Waals surface area contributed by atoms with E-state index in [1.807, 2.05) is 19.1 Å². The summed E-state index contributed by atoms with van der Waals surface area (Å²) in [6.45, 7) is 4.39. The highest BCUT2D eigenvalue weighted by atomic mass is 16.3. The van der Waals surface area contributed by atoms with Crippen LogP contribution in [0.15, 0.2) is 24.3 Å². The van der Waals surface area contributed by atoms with Gasteiger partial charge in [0.05, 0.1) is 6.10 Å². The van der Waals surface area contributed by atoms with Crippen LogP contribution in [0.2, 0.25) is 0 Å². The maximum Gasteiger partial charge on any atom is 0.0684 e. The van der Waals surface area contributed by atoms with Crippen molar-refractivity contribution in [3.8, 4) is 0 Å². The van der Waals surface area contributed by atoms with Crippen molar-refractivity contribution in [2.75, 3.05) is 11.9 Å². The standard InChI is InChI=1S/C12H16N2O/c1-8-5-10-6-11(13-7-9(2)15)3-4-12(10)14-8/h3-6,9,13-15H,7H2,1-2H3. The van der Waals surface area contributed by atoms with E-state index < -0.39 is 0 Å². The number of aromatic nitrogens is 1. The van der Waals surface area contributed by atoms with Crippen LogP contribution >= 0.6 is 0 Å². The number of aliphatic hydroxyl groups excluding tert-OH is 1. The van der Waals surface area contributed by atoms with Gasteiger partial charge < -0.3 is 15.4 Å². The van der Waals surface area contributed by atoms with Crippen LogP contribution < -0.4 is 5.32 Å². The number of rotatable bonds is 3. The summed E-state index contributed by atoms with van der Waals surface area (Å²) in [7, 11) is 0. The molecule has 0 saturated carbocycles. The molecule has 3 N–H and O–H groups in total. The van der Waals surface area contributed by atoms with Crippen molar-refractivity contribution >= 4 is 16.6 Å². The maximum absolute atomic E-state index is 9.16. The second-order valence-corrected chi connectivity index (χ2v) is 3.98. The molecule has 1 unspecified atom stereocenters. The Morgan fingerprint density at radius 2 is 2.20 bits per heavy atom. The molecular formula is C12H16N2O. The van der Waals surface area contributed by atoms with Gasteiger partial charge in [-0.1, -0.05) is 0 Å². The number of nitrogens with one attached hydrogen (secondary N) is 2. The largest absolute Gasteiger partial charge is 0.392 e. The second kappa shape index (κ2) is 3.95. The van der Waals surface area contributed by atoms with E-state index >= 15 is 0 Å². The molecule has 2 rings (SSSR count). The van der Waals surface area contributed by atoms with E-state index in [4.69, 9.17) is 5.11 Å².